The molecule has 2 aromatic rings. The number of benzene rings is 1. The first kappa shape index (κ1) is 34.7. The minimum atomic E-state index is -2.10. The Balaban J connectivity index is 1.48. The van der Waals surface area contributed by atoms with Gasteiger partial charge in [0, 0.05) is 32.8 Å². The van der Waals surface area contributed by atoms with E-state index in [9.17, 15) is 9.59 Å². The molecule has 0 bridgehead atoms. The fraction of sp³-hybridized carbons (Fsp3) is 0.694. The summed E-state index contributed by atoms with van der Waals surface area (Å²) < 4.78 is 9.23. The van der Waals surface area contributed by atoms with Crippen LogP contribution in [0.4, 0.5) is 0 Å². The normalized spacial score (nSPS) is 28.0. The molecule has 1 heterocycles. The minimum Gasteiger partial charge on any atom is -0.408 e. The number of amides is 1. The number of carbonyl (C=O) groups is 2. The fourth-order valence-electron chi connectivity index (χ4n) is 8.61. The van der Waals surface area contributed by atoms with Crippen molar-refractivity contribution in [2.24, 2.45) is 22.7 Å². The van der Waals surface area contributed by atoms with Gasteiger partial charge in [0.2, 0.25) is 0 Å². The third-order valence-corrected chi connectivity index (χ3v) is 17.9. The maximum Gasteiger partial charge on any atom is 0.257 e. The molecule has 1 aromatic heterocycles. The standard InChI is InChI=1S/C36H53Cl2N3O3Si/c1-9-45(10-2,11-3)44-32(33-30(37)13-12-14-31(33)38)22-40(26-19-28-29(20-26)35(28,6)7)34(43)27-21-39-41(23(27)4)25-15-17-36(8,18-16-25)24(5)42/h12-14,21,25-26,28-29,32H,9-11,15-20,22H2,1-8H3/t25-,26-,28+,29-,32?,36-. The predicted molar refractivity (Wildman–Crippen MR) is 186 cm³/mol. The van der Waals surface area contributed by atoms with Crippen molar-refractivity contribution in [2.75, 3.05) is 6.54 Å². The molecule has 1 aromatic carbocycles. The van der Waals surface area contributed by atoms with Crippen LogP contribution >= 0.6 is 23.2 Å². The van der Waals surface area contributed by atoms with Gasteiger partial charge in [-0.05, 0) is 99.9 Å². The average Bonchev–Trinajstić information content (AvgIpc) is 3.38. The summed E-state index contributed by atoms with van der Waals surface area (Å²) in [5, 5.41) is 5.96. The van der Waals surface area contributed by atoms with Crippen LogP contribution in [0.3, 0.4) is 0 Å². The van der Waals surface area contributed by atoms with Crippen molar-refractivity contribution in [1.29, 1.82) is 0 Å². The van der Waals surface area contributed by atoms with Crippen molar-refractivity contribution in [3.05, 3.63) is 51.3 Å². The van der Waals surface area contributed by atoms with Gasteiger partial charge >= 0.3 is 0 Å². The van der Waals surface area contributed by atoms with E-state index in [0.717, 1.165) is 67.9 Å². The highest BCUT2D eigenvalue weighted by molar-refractivity contribution is 6.73. The zero-order valence-corrected chi connectivity index (χ0v) is 31.1. The highest BCUT2D eigenvalue weighted by atomic mass is 35.5. The molecule has 0 aliphatic heterocycles. The lowest BCUT2D eigenvalue weighted by molar-refractivity contribution is -0.127. The molecular weight excluding hydrogens is 621 g/mol. The number of carbonyl (C=O) groups excluding carboxylic acids is 2. The number of hydrogen-bond donors (Lipinski definition) is 0. The first-order valence-corrected chi connectivity index (χ1v) is 20.5. The number of rotatable bonds is 12. The molecule has 9 heteroatoms. The molecule has 248 valence electrons. The second kappa shape index (κ2) is 13.1. The minimum absolute atomic E-state index is 0.0146. The Morgan fingerprint density at radius 3 is 2.11 bits per heavy atom. The van der Waals surface area contributed by atoms with Crippen molar-refractivity contribution >= 4 is 43.2 Å². The molecule has 3 saturated carbocycles. The van der Waals surface area contributed by atoms with Gasteiger partial charge in [0.1, 0.15) is 5.78 Å². The van der Waals surface area contributed by atoms with E-state index in [-0.39, 0.29) is 29.2 Å². The number of aromatic nitrogens is 2. The molecule has 5 rings (SSSR count). The summed E-state index contributed by atoms with van der Waals surface area (Å²) in [6.45, 7) is 17.6. The van der Waals surface area contributed by atoms with Gasteiger partial charge < -0.3 is 9.33 Å². The van der Waals surface area contributed by atoms with Crippen LogP contribution in [0.1, 0.15) is 121 Å². The third-order valence-electron chi connectivity index (χ3n) is 12.6. The van der Waals surface area contributed by atoms with Crippen molar-refractivity contribution in [1.82, 2.24) is 14.7 Å². The number of ketones is 1. The van der Waals surface area contributed by atoms with E-state index in [4.69, 9.17) is 32.7 Å². The van der Waals surface area contributed by atoms with E-state index < -0.39 is 14.4 Å². The summed E-state index contributed by atoms with van der Waals surface area (Å²) >= 11 is 13.7. The molecule has 0 N–H and O–H groups in total. The van der Waals surface area contributed by atoms with Crippen molar-refractivity contribution in [3.63, 3.8) is 0 Å². The second-order valence-corrected chi connectivity index (χ2v) is 20.6. The van der Waals surface area contributed by atoms with E-state index in [1.807, 2.05) is 29.8 Å². The van der Waals surface area contributed by atoms with Crippen LogP contribution in [0.15, 0.2) is 24.4 Å². The third kappa shape index (κ3) is 6.45. The largest absolute Gasteiger partial charge is 0.408 e. The monoisotopic (exact) mass is 673 g/mol. The zero-order valence-electron chi connectivity index (χ0n) is 28.6. The Morgan fingerprint density at radius 2 is 1.60 bits per heavy atom. The van der Waals surface area contributed by atoms with Crippen LogP contribution < -0.4 is 0 Å². The van der Waals surface area contributed by atoms with Crippen molar-refractivity contribution in [2.45, 2.75) is 130 Å². The molecule has 0 radical (unpaired) electrons. The molecule has 1 unspecified atom stereocenters. The van der Waals surface area contributed by atoms with Gasteiger partial charge in [0.25, 0.3) is 5.91 Å². The summed E-state index contributed by atoms with van der Waals surface area (Å²) in [7, 11) is -2.10. The number of nitrogens with zero attached hydrogens (tertiary/aromatic N) is 3. The Hall–Kier alpha value is -1.67. The second-order valence-electron chi connectivity index (χ2n) is 15.0. The van der Waals surface area contributed by atoms with Crippen LogP contribution in [-0.4, -0.2) is 47.3 Å². The van der Waals surface area contributed by atoms with Gasteiger partial charge in [0.15, 0.2) is 8.32 Å². The van der Waals surface area contributed by atoms with E-state index in [1.54, 1.807) is 13.1 Å². The molecule has 3 aliphatic carbocycles. The predicted octanol–water partition coefficient (Wildman–Crippen LogP) is 9.85. The maximum absolute atomic E-state index is 14.8. The highest BCUT2D eigenvalue weighted by Crippen LogP contribution is 2.67. The van der Waals surface area contributed by atoms with Gasteiger partial charge in [-0.15, -0.1) is 0 Å². The molecule has 3 fully saturated rings. The lowest BCUT2D eigenvalue weighted by atomic mass is 9.71. The summed E-state index contributed by atoms with van der Waals surface area (Å²) in [4.78, 5) is 29.1. The zero-order chi connectivity index (χ0) is 32.9. The summed E-state index contributed by atoms with van der Waals surface area (Å²) in [5.74, 6) is 1.55. The Kier molecular flexibility index (Phi) is 10.1. The number of Topliss-reactive ketones (excluding diaryl/α,β-unsaturated/α-hetero) is 1. The van der Waals surface area contributed by atoms with Crippen LogP contribution in [0.5, 0.6) is 0 Å². The Morgan fingerprint density at radius 1 is 1.04 bits per heavy atom. The molecule has 6 nitrogen and oxygen atoms in total. The quantitative estimate of drug-likeness (QED) is 0.210. The van der Waals surface area contributed by atoms with E-state index in [1.165, 1.54) is 0 Å². The van der Waals surface area contributed by atoms with E-state index >= 15 is 0 Å². The molecule has 3 aliphatic rings. The average molecular weight is 675 g/mol. The number of hydrogen-bond acceptors (Lipinski definition) is 4. The van der Waals surface area contributed by atoms with Crippen LogP contribution in [-0.2, 0) is 9.22 Å². The van der Waals surface area contributed by atoms with Crippen LogP contribution in [0, 0.1) is 29.6 Å². The first-order chi connectivity index (χ1) is 21.2. The topological polar surface area (TPSA) is 64.4 Å². The fourth-order valence-corrected chi connectivity index (χ4v) is 12.0. The van der Waals surface area contributed by atoms with Gasteiger partial charge in [-0.3, -0.25) is 14.3 Å². The van der Waals surface area contributed by atoms with Crippen molar-refractivity contribution in [3.8, 4) is 0 Å². The van der Waals surface area contributed by atoms with Gasteiger partial charge in [-0.25, -0.2) is 0 Å². The molecule has 1 amide bonds. The van der Waals surface area contributed by atoms with E-state index in [2.05, 4.69) is 46.4 Å². The van der Waals surface area contributed by atoms with E-state index in [0.29, 0.717) is 39.4 Å². The summed E-state index contributed by atoms with van der Waals surface area (Å²) in [6.07, 6.45) is 6.82. The maximum atomic E-state index is 14.8. The number of fused-ring (bicyclic) bond motifs is 1. The number of halogens is 2. The van der Waals surface area contributed by atoms with Crippen molar-refractivity contribution < 1.29 is 14.0 Å². The molecule has 45 heavy (non-hydrogen) atoms. The van der Waals surface area contributed by atoms with Crippen LogP contribution in [0.25, 0.3) is 0 Å². The first-order valence-electron chi connectivity index (χ1n) is 17.2. The molecule has 0 saturated heterocycles. The Bertz CT molecular complexity index is 1370. The Labute approximate surface area is 281 Å². The van der Waals surface area contributed by atoms with Crippen LogP contribution in [0.2, 0.25) is 28.2 Å². The van der Waals surface area contributed by atoms with Gasteiger partial charge in [-0.2, -0.15) is 5.10 Å². The lowest BCUT2D eigenvalue weighted by Crippen LogP contribution is -2.46. The highest BCUT2D eigenvalue weighted by Gasteiger charge is 2.63. The SMILES string of the molecule is CC[Si](CC)(CC)OC(CN(C(=O)c1cnn([C@H]2CC[C@](C)(C(C)=O)CC2)c1C)[C@H]1C[C@@H]2[C@H](C1)C2(C)C)c1c(Cl)cccc1Cl. The summed E-state index contributed by atoms with van der Waals surface area (Å²) in [5.41, 5.74) is 2.43. The molecule has 0 spiro atoms. The smallest absolute Gasteiger partial charge is 0.257 e. The molecular formula is C36H53Cl2N3O3Si. The van der Waals surface area contributed by atoms with Gasteiger partial charge in [-0.1, -0.05) is 70.8 Å². The lowest BCUT2D eigenvalue weighted by Gasteiger charge is -2.39. The molecule has 4 atom stereocenters. The van der Waals surface area contributed by atoms with Gasteiger partial charge in [0.05, 0.1) is 30.5 Å². The summed E-state index contributed by atoms with van der Waals surface area (Å²) in [6, 6.07) is 8.91.